The van der Waals surface area contributed by atoms with Gasteiger partial charge in [0.1, 0.15) is 11.8 Å². The summed E-state index contributed by atoms with van der Waals surface area (Å²) in [5.74, 6) is 0.246. The first kappa shape index (κ1) is 14.9. The van der Waals surface area contributed by atoms with E-state index in [0.717, 1.165) is 16.9 Å². The number of phenolic OH excluding ortho intramolecular Hbond substituents is 1. The van der Waals surface area contributed by atoms with Crippen molar-refractivity contribution in [3.8, 4) is 11.8 Å². The van der Waals surface area contributed by atoms with Crippen LogP contribution < -0.4 is 10.2 Å². The molecule has 2 rings (SSSR count). The van der Waals surface area contributed by atoms with Crippen LogP contribution in [-0.4, -0.2) is 19.2 Å². The molecule has 0 aromatic heterocycles. The highest BCUT2D eigenvalue weighted by Gasteiger charge is 2.13. The monoisotopic (exact) mass is 281 g/mol. The van der Waals surface area contributed by atoms with Crippen LogP contribution in [0.3, 0.4) is 0 Å². The summed E-state index contributed by atoms with van der Waals surface area (Å²) in [5, 5.41) is 22.5. The van der Waals surface area contributed by atoms with Crippen molar-refractivity contribution in [1.82, 2.24) is 5.32 Å². The maximum atomic E-state index is 10.2. The molecule has 0 aliphatic carbocycles. The Morgan fingerprint density at radius 2 is 1.95 bits per heavy atom. The van der Waals surface area contributed by atoms with Gasteiger partial charge in [-0.1, -0.05) is 18.2 Å². The van der Waals surface area contributed by atoms with Crippen LogP contribution in [0.15, 0.2) is 42.5 Å². The van der Waals surface area contributed by atoms with Gasteiger partial charge in [0.15, 0.2) is 0 Å². The van der Waals surface area contributed by atoms with Crippen LogP contribution in [0.2, 0.25) is 0 Å². The van der Waals surface area contributed by atoms with Crippen LogP contribution in [0.1, 0.15) is 24.1 Å². The third kappa shape index (κ3) is 2.99. The highest BCUT2D eigenvalue weighted by atomic mass is 16.3. The van der Waals surface area contributed by atoms with E-state index in [9.17, 15) is 10.4 Å². The Labute approximate surface area is 125 Å². The lowest BCUT2D eigenvalue weighted by Gasteiger charge is -2.22. The second kappa shape index (κ2) is 6.29. The van der Waals surface area contributed by atoms with Crippen molar-refractivity contribution in [2.45, 2.75) is 13.0 Å². The summed E-state index contributed by atoms with van der Waals surface area (Å²) >= 11 is 0. The Morgan fingerprint density at radius 1 is 1.24 bits per heavy atom. The summed E-state index contributed by atoms with van der Waals surface area (Å²) in [4.78, 5) is 1.89. The molecule has 2 N–H and O–H groups in total. The number of para-hydroxylation sites is 1. The molecule has 0 aliphatic heterocycles. The molecule has 0 amide bonds. The van der Waals surface area contributed by atoms with E-state index in [0.29, 0.717) is 5.56 Å². The highest BCUT2D eigenvalue weighted by molar-refractivity contribution is 5.70. The van der Waals surface area contributed by atoms with Crippen LogP contribution in [-0.2, 0) is 0 Å². The summed E-state index contributed by atoms with van der Waals surface area (Å²) in [7, 11) is 3.74. The zero-order chi connectivity index (χ0) is 15.4. The van der Waals surface area contributed by atoms with Crippen molar-refractivity contribution < 1.29 is 5.11 Å². The topological polar surface area (TPSA) is 59.3 Å². The van der Waals surface area contributed by atoms with E-state index in [1.54, 1.807) is 12.1 Å². The first-order chi connectivity index (χ1) is 10.1. The molecule has 4 heteroatoms. The molecule has 0 saturated heterocycles. The first-order valence-corrected chi connectivity index (χ1v) is 6.81. The molecule has 0 spiro atoms. The van der Waals surface area contributed by atoms with E-state index >= 15 is 0 Å². The molecule has 2 aromatic carbocycles. The number of hydrogen-bond donors (Lipinski definition) is 2. The van der Waals surface area contributed by atoms with Crippen molar-refractivity contribution >= 4 is 11.4 Å². The Morgan fingerprint density at radius 3 is 2.57 bits per heavy atom. The SMILES string of the molecule is CNC(C)c1ccc(N(C)c2ccccc2C#N)cc1O. The second-order valence-corrected chi connectivity index (χ2v) is 4.94. The molecule has 108 valence electrons. The summed E-state index contributed by atoms with van der Waals surface area (Å²) in [5.41, 5.74) is 3.10. The van der Waals surface area contributed by atoms with Crippen molar-refractivity contribution in [1.29, 1.82) is 5.26 Å². The number of benzene rings is 2. The van der Waals surface area contributed by atoms with Gasteiger partial charge in [-0.25, -0.2) is 0 Å². The van der Waals surface area contributed by atoms with Gasteiger partial charge in [0.05, 0.1) is 11.3 Å². The van der Waals surface area contributed by atoms with E-state index in [1.807, 2.05) is 56.3 Å². The fourth-order valence-electron chi connectivity index (χ4n) is 2.26. The molecule has 21 heavy (non-hydrogen) atoms. The minimum absolute atomic E-state index is 0.0794. The molecule has 0 bridgehead atoms. The minimum Gasteiger partial charge on any atom is -0.508 e. The number of rotatable bonds is 4. The molecule has 0 aliphatic rings. The third-order valence-corrected chi connectivity index (χ3v) is 3.69. The second-order valence-electron chi connectivity index (χ2n) is 4.94. The van der Waals surface area contributed by atoms with Crippen molar-refractivity contribution in [2.24, 2.45) is 0 Å². The number of phenols is 1. The number of nitriles is 1. The summed E-state index contributed by atoms with van der Waals surface area (Å²) in [6, 6.07) is 15.2. The molecule has 1 atom stereocenters. The molecule has 4 nitrogen and oxygen atoms in total. The summed E-state index contributed by atoms with van der Waals surface area (Å²) in [6.45, 7) is 1.99. The fourth-order valence-corrected chi connectivity index (χ4v) is 2.26. The van der Waals surface area contributed by atoms with Gasteiger partial charge in [0.25, 0.3) is 0 Å². The van der Waals surface area contributed by atoms with Crippen LogP contribution in [0.5, 0.6) is 5.75 Å². The average molecular weight is 281 g/mol. The lowest BCUT2D eigenvalue weighted by molar-refractivity contribution is 0.458. The van der Waals surface area contributed by atoms with Crippen molar-refractivity contribution in [2.75, 3.05) is 19.0 Å². The number of anilines is 2. The Hall–Kier alpha value is -2.51. The van der Waals surface area contributed by atoms with Crippen LogP contribution in [0, 0.1) is 11.3 Å². The molecule has 0 fully saturated rings. The van der Waals surface area contributed by atoms with Crippen LogP contribution in [0.25, 0.3) is 0 Å². The maximum Gasteiger partial charge on any atom is 0.122 e. The number of hydrogen-bond acceptors (Lipinski definition) is 4. The van der Waals surface area contributed by atoms with E-state index in [1.165, 1.54) is 0 Å². The highest BCUT2D eigenvalue weighted by Crippen LogP contribution is 2.32. The van der Waals surface area contributed by atoms with E-state index in [-0.39, 0.29) is 11.8 Å². The number of nitrogens with one attached hydrogen (secondary N) is 1. The average Bonchev–Trinajstić information content (AvgIpc) is 2.53. The third-order valence-electron chi connectivity index (χ3n) is 3.69. The minimum atomic E-state index is 0.0794. The fraction of sp³-hybridized carbons (Fsp3) is 0.235. The zero-order valence-corrected chi connectivity index (χ0v) is 12.5. The van der Waals surface area contributed by atoms with E-state index < -0.39 is 0 Å². The lowest BCUT2D eigenvalue weighted by atomic mass is 10.1. The quantitative estimate of drug-likeness (QED) is 0.902. The molecule has 0 radical (unpaired) electrons. The smallest absolute Gasteiger partial charge is 0.122 e. The molecule has 2 aromatic rings. The van der Waals surface area contributed by atoms with Gasteiger partial charge in [-0.05, 0) is 32.2 Å². The Bertz CT molecular complexity index is 676. The Balaban J connectivity index is 2.39. The first-order valence-electron chi connectivity index (χ1n) is 6.81. The van der Waals surface area contributed by atoms with Gasteiger partial charge >= 0.3 is 0 Å². The molecule has 0 saturated carbocycles. The maximum absolute atomic E-state index is 10.2. The number of aromatic hydroxyl groups is 1. The predicted octanol–water partition coefficient (Wildman–Crippen LogP) is 3.31. The summed E-state index contributed by atoms with van der Waals surface area (Å²) < 4.78 is 0. The molecule has 1 unspecified atom stereocenters. The van der Waals surface area contributed by atoms with Gasteiger partial charge in [-0.2, -0.15) is 5.26 Å². The van der Waals surface area contributed by atoms with Crippen LogP contribution >= 0.6 is 0 Å². The Kier molecular flexibility index (Phi) is 4.46. The number of nitrogens with zero attached hydrogens (tertiary/aromatic N) is 2. The molecular weight excluding hydrogens is 262 g/mol. The van der Waals surface area contributed by atoms with Gasteiger partial charge in [-0.15, -0.1) is 0 Å². The largest absolute Gasteiger partial charge is 0.508 e. The van der Waals surface area contributed by atoms with Crippen LogP contribution in [0.4, 0.5) is 11.4 Å². The normalized spacial score (nSPS) is 11.7. The molecule has 0 heterocycles. The lowest BCUT2D eigenvalue weighted by Crippen LogP contribution is -2.14. The zero-order valence-electron chi connectivity index (χ0n) is 12.5. The van der Waals surface area contributed by atoms with Crippen molar-refractivity contribution in [3.05, 3.63) is 53.6 Å². The van der Waals surface area contributed by atoms with Gasteiger partial charge in [0, 0.05) is 30.4 Å². The standard InChI is InChI=1S/C17H19N3O/c1-12(19-2)15-9-8-14(10-17(15)21)20(3)16-7-5-4-6-13(16)11-18/h4-10,12,19,21H,1-3H3. The molecular formula is C17H19N3O. The summed E-state index contributed by atoms with van der Waals surface area (Å²) in [6.07, 6.45) is 0. The van der Waals surface area contributed by atoms with E-state index in [4.69, 9.17) is 0 Å². The van der Waals surface area contributed by atoms with Crippen molar-refractivity contribution in [3.63, 3.8) is 0 Å². The van der Waals surface area contributed by atoms with Gasteiger partial charge in [-0.3, -0.25) is 0 Å². The van der Waals surface area contributed by atoms with E-state index in [2.05, 4.69) is 11.4 Å². The predicted molar refractivity (Wildman–Crippen MR) is 84.8 cm³/mol. The van der Waals surface area contributed by atoms with Gasteiger partial charge < -0.3 is 15.3 Å². The van der Waals surface area contributed by atoms with Gasteiger partial charge in [0.2, 0.25) is 0 Å².